The lowest BCUT2D eigenvalue weighted by Gasteiger charge is -2.50. The second-order valence-corrected chi connectivity index (χ2v) is 25.4. The zero-order chi connectivity index (χ0) is 63.0. The van der Waals surface area contributed by atoms with Crippen molar-refractivity contribution >= 4 is 40.6 Å². The summed E-state index contributed by atoms with van der Waals surface area (Å²) in [5.41, 5.74) is -4.49. The fourth-order valence-electron chi connectivity index (χ4n) is 12.2. The van der Waals surface area contributed by atoms with E-state index in [1.807, 2.05) is 51.9 Å². The maximum atomic E-state index is 14.6. The lowest BCUT2D eigenvalue weighted by atomic mass is 9.74. The number of benzene rings is 1. The second-order valence-electron chi connectivity index (χ2n) is 25.4. The molecule has 22 heteroatoms. The van der Waals surface area contributed by atoms with Gasteiger partial charge in [0.15, 0.2) is 18.7 Å². The van der Waals surface area contributed by atoms with Gasteiger partial charge < -0.3 is 77.5 Å². The largest absolute Gasteiger partial charge is 0.459 e. The van der Waals surface area contributed by atoms with Gasteiger partial charge in [-0.3, -0.25) is 24.0 Å². The summed E-state index contributed by atoms with van der Waals surface area (Å²) in [5.74, 6) is -6.83. The van der Waals surface area contributed by atoms with Gasteiger partial charge in [-0.15, -0.1) is 0 Å². The van der Waals surface area contributed by atoms with Crippen LogP contribution in [-0.4, -0.2) is 187 Å². The normalized spacial score (nSPS) is 34.9. The Hall–Kier alpha value is -4.46. The standard InChI is InChI=1S/C62H99N3O19/c1-19-45-62(14,74)52(70)36(5)48(67)34(3)30-60(12,75-17)53(84-57-50(69)44(64(15)16)28-35(4)79-57)37(6)51(38(7)55(71)81-45)83-47-31-61(13,76-18)54(39(8)80-47)82-46(66)25-27-63-26-21-22-40-23-24-43-41(29-40)49(68)42(32-65(43)20-2)56(72)77-33-78-58(73)59(9,10)11/h23-24,29,32,34-39,44-45,47,50-54,57,63,69-70,74H,19-22,25-28,30-31,33H2,1-18H3/t34-,35+,36-,37+,38+,39-,44-,45+,47+,50-,51+,52+,53+,54+,57-,60+,61-,62+/m0/s1. The van der Waals surface area contributed by atoms with Crippen molar-refractivity contribution in [2.45, 2.75) is 233 Å². The van der Waals surface area contributed by atoms with Crippen LogP contribution in [0.1, 0.15) is 151 Å². The SMILES string of the molecule is CC[C@H]1OC(=O)[C@H](C)[C@H](O[C@@H]2C[C@](C)(OC)[C@H](OC(=O)CCNCCCc3ccc4c(c3)c(=O)c(C(=O)OCOC(=O)C(C)(C)C)cn4CC)[C@H](C)O2)[C@@H](C)[C@@H](O[C@@H]2O[C@H](C)C[C@H](N(C)C)[C@@H]2O)[C@](C)(OC)C[C@H](C)C(=O)[C@H](C)[C@@H](O)[C@]1(C)O. The minimum Gasteiger partial charge on any atom is -0.459 e. The molecule has 1 aromatic carbocycles. The minimum absolute atomic E-state index is 0.0158. The second kappa shape index (κ2) is 29.5. The first kappa shape index (κ1) is 70.3. The molecule has 0 bridgehead atoms. The molecule has 3 aliphatic rings. The summed E-state index contributed by atoms with van der Waals surface area (Å²) >= 11 is 0. The molecule has 3 saturated heterocycles. The first-order valence-electron chi connectivity index (χ1n) is 29.8. The van der Waals surface area contributed by atoms with Crippen molar-refractivity contribution in [1.82, 2.24) is 14.8 Å². The van der Waals surface area contributed by atoms with E-state index in [1.165, 1.54) is 34.3 Å². The zero-order valence-corrected chi connectivity index (χ0v) is 53.0. The number of carbonyl (C=O) groups is 5. The number of esters is 4. The highest BCUT2D eigenvalue weighted by atomic mass is 16.7. The number of aliphatic hydroxyl groups is 3. The number of likely N-dealkylation sites (N-methyl/N-ethyl adjacent to an activating group) is 1. The van der Waals surface area contributed by atoms with Gasteiger partial charge in [0.2, 0.25) is 12.2 Å². The van der Waals surface area contributed by atoms with Gasteiger partial charge in [0.1, 0.15) is 34.8 Å². The van der Waals surface area contributed by atoms with Gasteiger partial charge in [-0.2, -0.15) is 0 Å². The lowest BCUT2D eigenvalue weighted by molar-refractivity contribution is -0.320. The number of cyclic esters (lactones) is 1. The smallest absolute Gasteiger partial charge is 0.346 e. The van der Waals surface area contributed by atoms with Gasteiger partial charge in [0.25, 0.3) is 0 Å². The average Bonchev–Trinajstić information content (AvgIpc) is 1.38. The number of carbonyl (C=O) groups excluding carboxylic acids is 5. The quantitative estimate of drug-likeness (QED) is 0.0540. The van der Waals surface area contributed by atoms with E-state index in [2.05, 4.69) is 5.32 Å². The third-order valence-corrected chi connectivity index (χ3v) is 17.5. The van der Waals surface area contributed by atoms with E-state index in [0.29, 0.717) is 49.8 Å². The molecule has 0 spiro atoms. The fraction of sp³-hybridized carbons (Fsp3) is 0.774. The van der Waals surface area contributed by atoms with Crippen LogP contribution in [0.2, 0.25) is 0 Å². The molecule has 5 rings (SSSR count). The van der Waals surface area contributed by atoms with Crippen molar-refractivity contribution in [3.05, 3.63) is 45.7 Å². The fourth-order valence-corrected chi connectivity index (χ4v) is 12.2. The molecule has 18 atom stereocenters. The van der Waals surface area contributed by atoms with E-state index in [4.69, 9.17) is 47.4 Å². The van der Waals surface area contributed by atoms with Crippen LogP contribution >= 0.6 is 0 Å². The Morgan fingerprint density at radius 3 is 2.13 bits per heavy atom. The molecule has 1 aromatic heterocycles. The number of pyridine rings is 1. The number of Topliss-reactive ketones (excluding diaryl/α,β-unsaturated/α-hetero) is 1. The molecular weight excluding hydrogens is 1090 g/mol. The van der Waals surface area contributed by atoms with E-state index in [1.54, 1.807) is 72.9 Å². The molecule has 476 valence electrons. The van der Waals surface area contributed by atoms with Crippen LogP contribution in [0.5, 0.6) is 0 Å². The highest BCUT2D eigenvalue weighted by molar-refractivity contribution is 5.94. The van der Waals surface area contributed by atoms with Crippen LogP contribution in [0, 0.1) is 29.1 Å². The molecule has 3 aliphatic heterocycles. The third kappa shape index (κ3) is 16.6. The summed E-state index contributed by atoms with van der Waals surface area (Å²) in [6, 6.07) is 5.19. The Balaban J connectivity index is 1.31. The number of hydrogen-bond acceptors (Lipinski definition) is 21. The van der Waals surface area contributed by atoms with Crippen molar-refractivity contribution in [1.29, 1.82) is 0 Å². The molecule has 0 unspecified atom stereocenters. The Morgan fingerprint density at radius 2 is 1.52 bits per heavy atom. The molecule has 3 fully saturated rings. The maximum absolute atomic E-state index is 14.6. The van der Waals surface area contributed by atoms with Gasteiger partial charge in [0.05, 0.1) is 59.4 Å². The highest BCUT2D eigenvalue weighted by Crippen LogP contribution is 2.42. The van der Waals surface area contributed by atoms with Gasteiger partial charge in [-0.1, -0.05) is 33.8 Å². The van der Waals surface area contributed by atoms with Crippen LogP contribution in [-0.2, 0) is 79.5 Å². The molecule has 84 heavy (non-hydrogen) atoms. The summed E-state index contributed by atoms with van der Waals surface area (Å²) in [6.07, 6.45) is -7.02. The molecule has 22 nitrogen and oxygen atoms in total. The number of aromatic nitrogens is 1. The molecule has 0 radical (unpaired) electrons. The predicted octanol–water partition coefficient (Wildman–Crippen LogP) is 5.64. The summed E-state index contributed by atoms with van der Waals surface area (Å²) < 4.78 is 63.4. The van der Waals surface area contributed by atoms with Crippen LogP contribution in [0.15, 0.2) is 29.2 Å². The summed E-state index contributed by atoms with van der Waals surface area (Å²) in [6.45, 7) is 24.6. The molecule has 0 aliphatic carbocycles. The van der Waals surface area contributed by atoms with Crippen LogP contribution in [0.25, 0.3) is 10.9 Å². The summed E-state index contributed by atoms with van der Waals surface area (Å²) in [4.78, 5) is 83.1. The first-order chi connectivity index (χ1) is 39.2. The Morgan fingerprint density at radius 1 is 0.869 bits per heavy atom. The van der Waals surface area contributed by atoms with Gasteiger partial charge in [-0.05, 0) is 140 Å². The van der Waals surface area contributed by atoms with E-state index < -0.39 is 137 Å². The van der Waals surface area contributed by atoms with Crippen LogP contribution in [0.3, 0.4) is 0 Å². The van der Waals surface area contributed by atoms with Crippen molar-refractivity contribution in [3.63, 3.8) is 0 Å². The van der Waals surface area contributed by atoms with E-state index in [9.17, 15) is 44.1 Å². The maximum Gasteiger partial charge on any atom is 0.346 e. The van der Waals surface area contributed by atoms with Gasteiger partial charge in [0, 0.05) is 69.1 Å². The molecule has 4 N–H and O–H groups in total. The minimum atomic E-state index is -2.04. The molecule has 4 heterocycles. The number of nitrogens with zero attached hydrogens (tertiary/aromatic N) is 2. The summed E-state index contributed by atoms with van der Waals surface area (Å²) in [5, 5.41) is 39.0. The monoisotopic (exact) mass is 1190 g/mol. The summed E-state index contributed by atoms with van der Waals surface area (Å²) in [7, 11) is 6.71. The van der Waals surface area contributed by atoms with Gasteiger partial charge in [-0.25, -0.2) is 4.79 Å². The zero-order valence-electron chi connectivity index (χ0n) is 53.0. The van der Waals surface area contributed by atoms with Gasteiger partial charge >= 0.3 is 23.9 Å². The number of hydrogen-bond donors (Lipinski definition) is 4. The van der Waals surface area contributed by atoms with E-state index in [0.717, 1.165) is 5.56 Å². The van der Waals surface area contributed by atoms with Crippen molar-refractivity contribution in [2.24, 2.45) is 29.1 Å². The number of ether oxygens (including phenoxy) is 10. The topological polar surface area (TPSA) is 276 Å². The van der Waals surface area contributed by atoms with E-state index in [-0.39, 0.29) is 49.2 Å². The van der Waals surface area contributed by atoms with Crippen molar-refractivity contribution < 1.29 is 86.7 Å². The molecule has 2 aromatic rings. The Labute approximate surface area is 496 Å². The van der Waals surface area contributed by atoms with Crippen molar-refractivity contribution in [2.75, 3.05) is 48.2 Å². The van der Waals surface area contributed by atoms with Crippen molar-refractivity contribution in [3.8, 4) is 0 Å². The number of ketones is 1. The molecule has 0 amide bonds. The molecule has 0 saturated carbocycles. The Bertz CT molecular complexity index is 2620. The number of methoxy groups -OCH3 is 2. The predicted molar refractivity (Wildman–Crippen MR) is 310 cm³/mol. The van der Waals surface area contributed by atoms with Crippen LogP contribution in [0.4, 0.5) is 0 Å². The highest BCUT2D eigenvalue weighted by Gasteiger charge is 2.55. The Kier molecular flexibility index (Phi) is 24.7. The average molecular weight is 1190 g/mol. The number of nitrogens with one attached hydrogen (secondary N) is 1. The number of fused-ring (bicyclic) bond motifs is 1. The lowest BCUT2D eigenvalue weighted by Crippen LogP contribution is -2.61. The van der Waals surface area contributed by atoms with Crippen LogP contribution < -0.4 is 10.7 Å². The number of rotatable bonds is 20. The number of aliphatic hydroxyl groups excluding tert-OH is 2. The van der Waals surface area contributed by atoms with E-state index >= 15 is 0 Å². The third-order valence-electron chi connectivity index (χ3n) is 17.5. The molecular formula is C62H99N3O19. The first-order valence-corrected chi connectivity index (χ1v) is 29.8. The number of aryl methyl sites for hydroxylation is 2.